The summed E-state index contributed by atoms with van der Waals surface area (Å²) in [5.41, 5.74) is 0. The van der Waals surface area contributed by atoms with Crippen molar-refractivity contribution in [3.8, 4) is 0 Å². The second kappa shape index (κ2) is 7.36. The quantitative estimate of drug-likeness (QED) is 0.904. The van der Waals surface area contributed by atoms with E-state index in [0.717, 1.165) is 37.0 Å². The van der Waals surface area contributed by atoms with Gasteiger partial charge in [0.05, 0.1) is 6.04 Å². The fourth-order valence-electron chi connectivity index (χ4n) is 3.54. The van der Waals surface area contributed by atoms with Crippen LogP contribution in [0.1, 0.15) is 63.2 Å². The third kappa shape index (κ3) is 4.04. The molecule has 2 saturated heterocycles. The van der Waals surface area contributed by atoms with Crippen molar-refractivity contribution in [2.45, 2.75) is 57.9 Å². The molecule has 2 aliphatic heterocycles. The largest absolute Gasteiger partial charge is 0.338 e. The van der Waals surface area contributed by atoms with Crippen LogP contribution in [0, 0.1) is 5.92 Å². The van der Waals surface area contributed by atoms with Gasteiger partial charge in [0.1, 0.15) is 0 Å². The lowest BCUT2D eigenvalue weighted by Gasteiger charge is -2.31. The molecule has 0 saturated carbocycles. The molecule has 118 valence electrons. The van der Waals surface area contributed by atoms with Crippen LogP contribution in [-0.4, -0.2) is 41.2 Å². The predicted molar refractivity (Wildman–Crippen MR) is 82.1 cm³/mol. The number of nitrogens with one attached hydrogen (secondary N) is 1. The molecule has 0 amide bonds. The van der Waals surface area contributed by atoms with E-state index >= 15 is 0 Å². The highest BCUT2D eigenvalue weighted by atomic mass is 16.5. The molecule has 21 heavy (non-hydrogen) atoms. The van der Waals surface area contributed by atoms with Crippen LogP contribution in [0.3, 0.4) is 0 Å². The van der Waals surface area contributed by atoms with E-state index in [1.807, 2.05) is 0 Å². The molecule has 0 unspecified atom stereocenters. The summed E-state index contributed by atoms with van der Waals surface area (Å²) in [4.78, 5) is 7.20. The molecular formula is C16H28N4O. The van der Waals surface area contributed by atoms with Crippen molar-refractivity contribution in [3.63, 3.8) is 0 Å². The van der Waals surface area contributed by atoms with Crippen LogP contribution in [0.5, 0.6) is 0 Å². The van der Waals surface area contributed by atoms with Crippen molar-refractivity contribution in [2.75, 3.05) is 26.2 Å². The maximum absolute atomic E-state index is 5.47. The number of likely N-dealkylation sites (tertiary alicyclic amines) is 1. The van der Waals surface area contributed by atoms with E-state index in [1.165, 1.54) is 51.7 Å². The lowest BCUT2D eigenvalue weighted by molar-refractivity contribution is 0.182. The van der Waals surface area contributed by atoms with Gasteiger partial charge in [0.2, 0.25) is 5.89 Å². The Hall–Kier alpha value is -0.940. The maximum atomic E-state index is 5.47. The van der Waals surface area contributed by atoms with Crippen molar-refractivity contribution < 1.29 is 4.52 Å². The second-order valence-electron chi connectivity index (χ2n) is 6.54. The topological polar surface area (TPSA) is 54.2 Å². The van der Waals surface area contributed by atoms with Gasteiger partial charge in [-0.1, -0.05) is 18.5 Å². The van der Waals surface area contributed by atoms with Crippen molar-refractivity contribution in [1.82, 2.24) is 20.4 Å². The Morgan fingerprint density at radius 3 is 2.81 bits per heavy atom. The Morgan fingerprint density at radius 1 is 1.24 bits per heavy atom. The monoisotopic (exact) mass is 292 g/mol. The Morgan fingerprint density at radius 2 is 2.10 bits per heavy atom. The van der Waals surface area contributed by atoms with E-state index in [2.05, 4.69) is 27.3 Å². The van der Waals surface area contributed by atoms with E-state index < -0.39 is 0 Å². The summed E-state index contributed by atoms with van der Waals surface area (Å²) in [6.45, 7) is 7.03. The molecule has 1 aromatic rings. The maximum Gasteiger partial charge on any atom is 0.243 e. The number of nitrogens with zero attached hydrogens (tertiary/aromatic N) is 3. The van der Waals surface area contributed by atoms with Gasteiger partial charge in [-0.3, -0.25) is 0 Å². The standard InChI is InChI=1S/C16H28N4O/c1-2-9-20-10-6-13(7-11-20)12-15-18-16(21-19-15)14-5-3-4-8-17-14/h13-14,17H,2-12H2,1H3/t14-/m0/s1. The highest BCUT2D eigenvalue weighted by Crippen LogP contribution is 2.24. The summed E-state index contributed by atoms with van der Waals surface area (Å²) < 4.78 is 5.47. The molecular weight excluding hydrogens is 264 g/mol. The third-order valence-electron chi connectivity index (χ3n) is 4.81. The van der Waals surface area contributed by atoms with Crippen LogP contribution in [0.4, 0.5) is 0 Å². The first-order valence-electron chi connectivity index (χ1n) is 8.63. The van der Waals surface area contributed by atoms with Crippen LogP contribution in [0.25, 0.3) is 0 Å². The number of hydrogen-bond donors (Lipinski definition) is 1. The Bertz CT molecular complexity index is 420. The molecule has 1 atom stereocenters. The first kappa shape index (κ1) is 15.0. The smallest absolute Gasteiger partial charge is 0.243 e. The lowest BCUT2D eigenvalue weighted by Crippen LogP contribution is -2.34. The van der Waals surface area contributed by atoms with Gasteiger partial charge in [0, 0.05) is 6.42 Å². The third-order valence-corrected chi connectivity index (χ3v) is 4.81. The minimum absolute atomic E-state index is 0.284. The van der Waals surface area contributed by atoms with Gasteiger partial charge in [0.15, 0.2) is 5.82 Å². The zero-order valence-corrected chi connectivity index (χ0v) is 13.2. The molecule has 0 bridgehead atoms. The number of hydrogen-bond acceptors (Lipinski definition) is 5. The summed E-state index contributed by atoms with van der Waals surface area (Å²) in [5.74, 6) is 2.43. The van der Waals surface area contributed by atoms with Gasteiger partial charge in [-0.25, -0.2) is 0 Å². The molecule has 3 heterocycles. The lowest BCUT2D eigenvalue weighted by atomic mass is 9.93. The van der Waals surface area contributed by atoms with Crippen LogP contribution < -0.4 is 5.32 Å². The molecule has 5 nitrogen and oxygen atoms in total. The van der Waals surface area contributed by atoms with Crippen molar-refractivity contribution in [3.05, 3.63) is 11.7 Å². The van der Waals surface area contributed by atoms with Crippen molar-refractivity contribution in [2.24, 2.45) is 5.92 Å². The highest BCUT2D eigenvalue weighted by Gasteiger charge is 2.24. The Kier molecular flexibility index (Phi) is 5.25. The summed E-state index contributed by atoms with van der Waals surface area (Å²) in [7, 11) is 0. The van der Waals surface area contributed by atoms with Gasteiger partial charge in [-0.05, 0) is 64.2 Å². The van der Waals surface area contributed by atoms with E-state index in [-0.39, 0.29) is 6.04 Å². The first-order chi connectivity index (χ1) is 10.3. The number of piperidine rings is 2. The van der Waals surface area contributed by atoms with E-state index in [9.17, 15) is 0 Å². The molecule has 0 spiro atoms. The van der Waals surface area contributed by atoms with E-state index in [4.69, 9.17) is 4.52 Å². The molecule has 2 aliphatic rings. The summed E-state index contributed by atoms with van der Waals surface area (Å²) in [6.07, 6.45) is 8.41. The molecule has 1 aromatic heterocycles. The minimum atomic E-state index is 0.284. The van der Waals surface area contributed by atoms with Gasteiger partial charge >= 0.3 is 0 Å². The molecule has 5 heteroatoms. The molecule has 0 radical (unpaired) electrons. The van der Waals surface area contributed by atoms with Crippen LogP contribution in [0.15, 0.2) is 4.52 Å². The minimum Gasteiger partial charge on any atom is -0.338 e. The number of aromatic nitrogens is 2. The van der Waals surface area contributed by atoms with Gasteiger partial charge < -0.3 is 14.7 Å². The van der Waals surface area contributed by atoms with Crippen molar-refractivity contribution >= 4 is 0 Å². The van der Waals surface area contributed by atoms with Gasteiger partial charge in [-0.15, -0.1) is 0 Å². The average molecular weight is 292 g/mol. The predicted octanol–water partition coefficient (Wildman–Crippen LogP) is 2.55. The van der Waals surface area contributed by atoms with E-state index in [1.54, 1.807) is 0 Å². The molecule has 2 fully saturated rings. The average Bonchev–Trinajstić information content (AvgIpc) is 2.99. The number of rotatable bonds is 5. The zero-order valence-electron chi connectivity index (χ0n) is 13.2. The Balaban J connectivity index is 1.48. The van der Waals surface area contributed by atoms with Crippen LogP contribution in [0.2, 0.25) is 0 Å². The Labute approximate surface area is 127 Å². The fraction of sp³-hybridized carbons (Fsp3) is 0.875. The summed E-state index contributed by atoms with van der Waals surface area (Å²) in [6, 6.07) is 0.284. The normalized spacial score (nSPS) is 25.3. The molecule has 0 aliphatic carbocycles. The van der Waals surface area contributed by atoms with Crippen LogP contribution >= 0.6 is 0 Å². The summed E-state index contributed by atoms with van der Waals surface area (Å²) in [5, 5.41) is 7.67. The molecule has 1 N–H and O–H groups in total. The molecule has 0 aromatic carbocycles. The van der Waals surface area contributed by atoms with Crippen molar-refractivity contribution in [1.29, 1.82) is 0 Å². The second-order valence-corrected chi connectivity index (χ2v) is 6.54. The highest BCUT2D eigenvalue weighted by molar-refractivity contribution is 4.95. The summed E-state index contributed by atoms with van der Waals surface area (Å²) >= 11 is 0. The van der Waals surface area contributed by atoms with Gasteiger partial charge in [0.25, 0.3) is 0 Å². The SMILES string of the molecule is CCCN1CCC(Cc2noc([C@@H]3CCCCN3)n2)CC1. The van der Waals surface area contributed by atoms with Crippen LogP contribution in [-0.2, 0) is 6.42 Å². The van der Waals surface area contributed by atoms with E-state index in [0.29, 0.717) is 0 Å². The zero-order chi connectivity index (χ0) is 14.5. The molecule has 3 rings (SSSR count). The van der Waals surface area contributed by atoms with Gasteiger partial charge in [-0.2, -0.15) is 4.98 Å². The fourth-order valence-corrected chi connectivity index (χ4v) is 3.54. The first-order valence-corrected chi connectivity index (χ1v) is 8.63.